The molecular formula is C7H18ClNO. The number of rotatable bonds is 2. The van der Waals surface area contributed by atoms with E-state index >= 15 is 0 Å². The summed E-state index contributed by atoms with van der Waals surface area (Å²) in [4.78, 5) is 0. The van der Waals surface area contributed by atoms with Crippen molar-refractivity contribution in [3.8, 4) is 0 Å². The molecule has 3 heteroatoms. The number of halogens is 1. The van der Waals surface area contributed by atoms with Crippen LogP contribution in [0.5, 0.6) is 0 Å². The summed E-state index contributed by atoms with van der Waals surface area (Å²) in [5, 5.41) is 8.85. The molecule has 3 N–H and O–H groups in total. The summed E-state index contributed by atoms with van der Waals surface area (Å²) in [6.45, 7) is 7.88. The van der Waals surface area contributed by atoms with Crippen LogP contribution in [-0.4, -0.2) is 17.3 Å². The van der Waals surface area contributed by atoms with Gasteiger partial charge in [-0.1, -0.05) is 13.8 Å². The fraction of sp³-hybridized carbons (Fsp3) is 1.00. The highest BCUT2D eigenvalue weighted by Gasteiger charge is 2.32. The van der Waals surface area contributed by atoms with Crippen LogP contribution in [0.25, 0.3) is 0 Å². The van der Waals surface area contributed by atoms with Gasteiger partial charge in [0.15, 0.2) is 0 Å². The third kappa shape index (κ3) is 2.86. The summed E-state index contributed by atoms with van der Waals surface area (Å²) in [7, 11) is 0. The van der Waals surface area contributed by atoms with Crippen LogP contribution in [0.3, 0.4) is 0 Å². The van der Waals surface area contributed by atoms with Gasteiger partial charge in [-0.25, -0.2) is 0 Å². The first-order valence-corrected chi connectivity index (χ1v) is 3.21. The molecule has 0 spiro atoms. The molecule has 0 aromatic carbocycles. The Morgan fingerprint density at radius 1 is 1.20 bits per heavy atom. The Bertz CT molecular complexity index is 96.3. The number of aliphatic hydroxyl groups excluding tert-OH is 1. The molecule has 0 aromatic heterocycles. The maximum Gasteiger partial charge on any atom is 0.0499 e. The van der Waals surface area contributed by atoms with Crippen LogP contribution in [0, 0.1) is 5.41 Å². The first-order chi connectivity index (χ1) is 3.81. The quantitative estimate of drug-likeness (QED) is 0.649. The zero-order chi connectivity index (χ0) is 7.71. The third-order valence-corrected chi connectivity index (χ3v) is 2.14. The minimum Gasteiger partial charge on any atom is -0.396 e. The molecular weight excluding hydrogens is 150 g/mol. The minimum atomic E-state index is -0.304. The zero-order valence-electron chi connectivity index (χ0n) is 7.14. The molecule has 0 aliphatic heterocycles. The second kappa shape index (κ2) is 3.56. The second-order valence-corrected chi connectivity index (χ2v) is 3.76. The van der Waals surface area contributed by atoms with Gasteiger partial charge in [0.1, 0.15) is 0 Å². The Morgan fingerprint density at radius 3 is 1.50 bits per heavy atom. The summed E-state index contributed by atoms with van der Waals surface area (Å²) in [5.41, 5.74) is 5.27. The van der Waals surface area contributed by atoms with Gasteiger partial charge in [0.2, 0.25) is 0 Å². The Morgan fingerprint density at radius 2 is 1.50 bits per heavy atom. The highest BCUT2D eigenvalue weighted by molar-refractivity contribution is 5.85. The average Bonchev–Trinajstić information content (AvgIpc) is 1.64. The number of nitrogens with two attached hydrogens (primary N) is 1. The van der Waals surface area contributed by atoms with Crippen molar-refractivity contribution in [1.82, 2.24) is 0 Å². The van der Waals surface area contributed by atoms with Crippen LogP contribution < -0.4 is 5.73 Å². The number of hydrogen-bond acceptors (Lipinski definition) is 2. The van der Waals surface area contributed by atoms with Crippen LogP contribution in [0.4, 0.5) is 0 Å². The predicted molar refractivity (Wildman–Crippen MR) is 46.4 cm³/mol. The largest absolute Gasteiger partial charge is 0.396 e. The van der Waals surface area contributed by atoms with E-state index in [1.54, 1.807) is 0 Å². The molecule has 0 aromatic rings. The van der Waals surface area contributed by atoms with E-state index in [1.807, 2.05) is 27.7 Å². The SMILES string of the molecule is CC(C)(N)C(C)(C)CO.Cl. The molecule has 0 rings (SSSR count). The molecule has 10 heavy (non-hydrogen) atoms. The summed E-state index contributed by atoms with van der Waals surface area (Å²) in [6, 6.07) is 0. The van der Waals surface area contributed by atoms with Crippen molar-refractivity contribution in [1.29, 1.82) is 0 Å². The van der Waals surface area contributed by atoms with Crippen molar-refractivity contribution >= 4 is 12.4 Å². The Kier molecular flexibility index (Phi) is 4.57. The molecule has 0 bridgehead atoms. The van der Waals surface area contributed by atoms with Gasteiger partial charge in [-0.3, -0.25) is 0 Å². The van der Waals surface area contributed by atoms with Crippen molar-refractivity contribution in [2.75, 3.05) is 6.61 Å². The van der Waals surface area contributed by atoms with Crippen LogP contribution >= 0.6 is 12.4 Å². The maximum absolute atomic E-state index is 8.85. The standard InChI is InChI=1S/C7H17NO.ClH/c1-6(2,5-9)7(3,4)8;/h9H,5,8H2,1-4H3;1H. The maximum atomic E-state index is 8.85. The summed E-state index contributed by atoms with van der Waals surface area (Å²) in [6.07, 6.45) is 0. The summed E-state index contributed by atoms with van der Waals surface area (Å²) in [5.74, 6) is 0. The molecule has 0 atom stereocenters. The van der Waals surface area contributed by atoms with E-state index in [2.05, 4.69) is 0 Å². The normalized spacial score (nSPS) is 12.6. The first kappa shape index (κ1) is 12.8. The number of aliphatic hydroxyl groups is 1. The van der Waals surface area contributed by atoms with Crippen molar-refractivity contribution in [3.63, 3.8) is 0 Å². The average molecular weight is 168 g/mol. The van der Waals surface area contributed by atoms with Crippen LogP contribution in [0.2, 0.25) is 0 Å². The van der Waals surface area contributed by atoms with E-state index in [0.717, 1.165) is 0 Å². The van der Waals surface area contributed by atoms with Gasteiger partial charge in [-0.15, -0.1) is 12.4 Å². The molecule has 0 unspecified atom stereocenters. The lowest BCUT2D eigenvalue weighted by Crippen LogP contribution is -2.49. The van der Waals surface area contributed by atoms with Gasteiger partial charge < -0.3 is 10.8 Å². The Balaban J connectivity index is 0. The summed E-state index contributed by atoms with van der Waals surface area (Å²) >= 11 is 0. The monoisotopic (exact) mass is 167 g/mol. The lowest BCUT2D eigenvalue weighted by atomic mass is 9.76. The Labute approximate surface area is 69.2 Å². The fourth-order valence-corrected chi connectivity index (χ4v) is 0.204. The van der Waals surface area contributed by atoms with E-state index in [1.165, 1.54) is 0 Å². The minimum absolute atomic E-state index is 0. The van der Waals surface area contributed by atoms with E-state index in [4.69, 9.17) is 10.8 Å². The van der Waals surface area contributed by atoms with E-state index in [-0.39, 0.29) is 30.0 Å². The predicted octanol–water partition coefficient (Wildman–Crippen LogP) is 1.16. The molecule has 64 valence electrons. The van der Waals surface area contributed by atoms with E-state index in [0.29, 0.717) is 0 Å². The molecule has 0 radical (unpaired) electrons. The van der Waals surface area contributed by atoms with Crippen LogP contribution in [-0.2, 0) is 0 Å². The molecule has 2 nitrogen and oxygen atoms in total. The lowest BCUT2D eigenvalue weighted by Gasteiger charge is -2.36. The van der Waals surface area contributed by atoms with Gasteiger partial charge in [0.05, 0.1) is 0 Å². The molecule has 0 saturated heterocycles. The van der Waals surface area contributed by atoms with Gasteiger partial charge in [0, 0.05) is 17.6 Å². The Hall–Kier alpha value is 0.210. The molecule has 0 fully saturated rings. The number of hydrogen-bond donors (Lipinski definition) is 2. The highest BCUT2D eigenvalue weighted by Crippen LogP contribution is 2.26. The zero-order valence-corrected chi connectivity index (χ0v) is 7.96. The first-order valence-electron chi connectivity index (χ1n) is 3.21. The van der Waals surface area contributed by atoms with Crippen molar-refractivity contribution in [2.45, 2.75) is 33.2 Å². The van der Waals surface area contributed by atoms with Crippen molar-refractivity contribution in [3.05, 3.63) is 0 Å². The van der Waals surface area contributed by atoms with Crippen molar-refractivity contribution < 1.29 is 5.11 Å². The van der Waals surface area contributed by atoms with Gasteiger partial charge in [-0.2, -0.15) is 0 Å². The van der Waals surface area contributed by atoms with Crippen molar-refractivity contribution in [2.24, 2.45) is 11.1 Å². The molecule has 0 aliphatic rings. The smallest absolute Gasteiger partial charge is 0.0499 e. The molecule has 0 saturated carbocycles. The van der Waals surface area contributed by atoms with Gasteiger partial charge in [0.25, 0.3) is 0 Å². The van der Waals surface area contributed by atoms with E-state index in [9.17, 15) is 0 Å². The topological polar surface area (TPSA) is 46.2 Å². The van der Waals surface area contributed by atoms with Crippen LogP contribution in [0.15, 0.2) is 0 Å². The second-order valence-electron chi connectivity index (χ2n) is 3.76. The van der Waals surface area contributed by atoms with Crippen LogP contribution in [0.1, 0.15) is 27.7 Å². The summed E-state index contributed by atoms with van der Waals surface area (Å²) < 4.78 is 0. The highest BCUT2D eigenvalue weighted by atomic mass is 35.5. The molecule has 0 aliphatic carbocycles. The van der Waals surface area contributed by atoms with Gasteiger partial charge >= 0.3 is 0 Å². The molecule has 0 heterocycles. The third-order valence-electron chi connectivity index (χ3n) is 2.14. The fourth-order valence-electron chi connectivity index (χ4n) is 0.204. The van der Waals surface area contributed by atoms with Gasteiger partial charge in [-0.05, 0) is 13.8 Å². The van der Waals surface area contributed by atoms with E-state index < -0.39 is 0 Å². The molecule has 0 amide bonds. The lowest BCUT2D eigenvalue weighted by molar-refractivity contribution is 0.0924.